The van der Waals surface area contributed by atoms with Gasteiger partial charge in [0.1, 0.15) is 5.75 Å². The predicted molar refractivity (Wildman–Crippen MR) is 76.4 cm³/mol. The van der Waals surface area contributed by atoms with Gasteiger partial charge in [-0.15, -0.1) is 0 Å². The Morgan fingerprint density at radius 3 is 2.75 bits per heavy atom. The fourth-order valence-corrected chi connectivity index (χ4v) is 1.76. The van der Waals surface area contributed by atoms with Crippen molar-refractivity contribution in [1.82, 2.24) is 0 Å². The van der Waals surface area contributed by atoms with Crippen LogP contribution in [0.5, 0.6) is 5.75 Å². The number of aromatic hydroxyl groups is 1. The van der Waals surface area contributed by atoms with Gasteiger partial charge in [0.25, 0.3) is 5.91 Å². The van der Waals surface area contributed by atoms with E-state index in [4.69, 9.17) is 11.0 Å². The lowest BCUT2D eigenvalue weighted by atomic mass is 10.1. The molecule has 20 heavy (non-hydrogen) atoms. The highest BCUT2D eigenvalue weighted by atomic mass is 16.3. The van der Waals surface area contributed by atoms with E-state index < -0.39 is 5.91 Å². The summed E-state index contributed by atoms with van der Waals surface area (Å²) in [7, 11) is 0. The number of nitriles is 1. The summed E-state index contributed by atoms with van der Waals surface area (Å²) in [6.45, 7) is 1.82. The van der Waals surface area contributed by atoms with E-state index in [1.54, 1.807) is 18.2 Å². The molecule has 0 aliphatic rings. The molecule has 0 aliphatic heterocycles. The van der Waals surface area contributed by atoms with Gasteiger partial charge in [0.15, 0.2) is 0 Å². The number of amides is 1. The van der Waals surface area contributed by atoms with Crippen molar-refractivity contribution >= 4 is 17.3 Å². The summed E-state index contributed by atoms with van der Waals surface area (Å²) in [5, 5.41) is 21.0. The van der Waals surface area contributed by atoms with Gasteiger partial charge in [-0.25, -0.2) is 0 Å². The predicted octanol–water partition coefficient (Wildman–Crippen LogP) is 2.41. The SMILES string of the molecule is Cc1ccc(C#N)cc1NC(=O)c1cc(O)ccc1N. The Morgan fingerprint density at radius 2 is 2.05 bits per heavy atom. The van der Waals surface area contributed by atoms with E-state index in [-0.39, 0.29) is 17.0 Å². The minimum absolute atomic E-state index is 0.0353. The van der Waals surface area contributed by atoms with Crippen LogP contribution < -0.4 is 11.1 Å². The molecule has 0 aromatic heterocycles. The molecule has 2 aromatic carbocycles. The van der Waals surface area contributed by atoms with Crippen LogP contribution in [0.4, 0.5) is 11.4 Å². The highest BCUT2D eigenvalue weighted by Crippen LogP contribution is 2.22. The third kappa shape index (κ3) is 2.70. The molecular weight excluding hydrogens is 254 g/mol. The number of anilines is 2. The number of nitrogens with two attached hydrogens (primary N) is 1. The number of nitrogens with one attached hydrogen (secondary N) is 1. The van der Waals surface area contributed by atoms with E-state index in [9.17, 15) is 9.90 Å². The maximum Gasteiger partial charge on any atom is 0.257 e. The van der Waals surface area contributed by atoms with E-state index in [2.05, 4.69) is 5.32 Å². The van der Waals surface area contributed by atoms with Crippen LogP contribution in [-0.4, -0.2) is 11.0 Å². The van der Waals surface area contributed by atoms with Crippen molar-refractivity contribution in [3.8, 4) is 11.8 Å². The number of phenols is 1. The summed E-state index contributed by atoms with van der Waals surface area (Å²) >= 11 is 0. The fourth-order valence-electron chi connectivity index (χ4n) is 1.76. The molecule has 0 atom stereocenters. The topological polar surface area (TPSA) is 99.1 Å². The summed E-state index contributed by atoms with van der Waals surface area (Å²) in [6.07, 6.45) is 0. The highest BCUT2D eigenvalue weighted by Gasteiger charge is 2.12. The standard InChI is InChI=1S/C15H13N3O2/c1-9-2-3-10(8-16)6-14(9)18-15(20)12-7-11(19)4-5-13(12)17/h2-7,19H,17H2,1H3,(H,18,20). The number of benzene rings is 2. The molecule has 2 rings (SSSR count). The molecule has 100 valence electrons. The van der Waals surface area contributed by atoms with Gasteiger partial charge in [-0.3, -0.25) is 4.79 Å². The Bertz CT molecular complexity index is 718. The monoisotopic (exact) mass is 267 g/mol. The largest absolute Gasteiger partial charge is 0.508 e. The van der Waals surface area contributed by atoms with Crippen LogP contribution in [0.15, 0.2) is 36.4 Å². The number of rotatable bonds is 2. The van der Waals surface area contributed by atoms with Gasteiger partial charge < -0.3 is 16.2 Å². The van der Waals surface area contributed by atoms with Gasteiger partial charge in [0, 0.05) is 11.4 Å². The van der Waals surface area contributed by atoms with Crippen molar-refractivity contribution < 1.29 is 9.90 Å². The molecule has 5 nitrogen and oxygen atoms in total. The minimum Gasteiger partial charge on any atom is -0.508 e. The van der Waals surface area contributed by atoms with Gasteiger partial charge in [-0.05, 0) is 42.8 Å². The van der Waals surface area contributed by atoms with Gasteiger partial charge in [0.2, 0.25) is 0 Å². The van der Waals surface area contributed by atoms with Crippen molar-refractivity contribution in [2.24, 2.45) is 0 Å². The second-order valence-corrected chi connectivity index (χ2v) is 4.37. The van der Waals surface area contributed by atoms with Crippen molar-refractivity contribution in [3.63, 3.8) is 0 Å². The number of hydrogen-bond donors (Lipinski definition) is 3. The quantitative estimate of drug-likeness (QED) is 0.574. The van der Waals surface area contributed by atoms with Crippen molar-refractivity contribution in [2.45, 2.75) is 6.92 Å². The molecule has 0 saturated carbocycles. The lowest BCUT2D eigenvalue weighted by Crippen LogP contribution is -2.14. The minimum atomic E-state index is -0.434. The number of nitrogen functional groups attached to an aromatic ring is 1. The average Bonchev–Trinajstić information content (AvgIpc) is 2.43. The number of aryl methyl sites for hydroxylation is 1. The Kier molecular flexibility index (Phi) is 3.58. The maximum absolute atomic E-state index is 12.2. The lowest BCUT2D eigenvalue weighted by molar-refractivity contribution is 0.102. The zero-order valence-electron chi connectivity index (χ0n) is 10.8. The van der Waals surface area contributed by atoms with Crippen LogP contribution in [0, 0.1) is 18.3 Å². The zero-order valence-corrected chi connectivity index (χ0v) is 10.8. The first kappa shape index (κ1) is 13.4. The number of phenolic OH excluding ortho intramolecular Hbond substituents is 1. The molecule has 2 aromatic rings. The molecule has 0 spiro atoms. The molecular formula is C15H13N3O2. The Labute approximate surface area is 116 Å². The van der Waals surface area contributed by atoms with E-state index in [0.29, 0.717) is 11.3 Å². The van der Waals surface area contributed by atoms with Gasteiger partial charge in [0.05, 0.1) is 17.2 Å². The maximum atomic E-state index is 12.2. The summed E-state index contributed by atoms with van der Waals surface area (Å²) in [6, 6.07) is 11.2. The van der Waals surface area contributed by atoms with Crippen molar-refractivity contribution in [3.05, 3.63) is 53.1 Å². The second kappa shape index (κ2) is 5.33. The Hall–Kier alpha value is -3.00. The Morgan fingerprint density at radius 1 is 1.30 bits per heavy atom. The molecule has 1 amide bonds. The van der Waals surface area contributed by atoms with Crippen LogP contribution in [-0.2, 0) is 0 Å². The molecule has 0 unspecified atom stereocenters. The normalized spacial score (nSPS) is 9.80. The molecule has 0 saturated heterocycles. The molecule has 0 fully saturated rings. The molecule has 5 heteroatoms. The fraction of sp³-hybridized carbons (Fsp3) is 0.0667. The molecule has 0 radical (unpaired) electrons. The highest BCUT2D eigenvalue weighted by molar-refractivity contribution is 6.08. The third-order valence-electron chi connectivity index (χ3n) is 2.90. The average molecular weight is 267 g/mol. The van der Waals surface area contributed by atoms with Crippen LogP contribution >= 0.6 is 0 Å². The smallest absolute Gasteiger partial charge is 0.257 e. The summed E-state index contributed by atoms with van der Waals surface area (Å²) in [5.41, 5.74) is 8.00. The van der Waals surface area contributed by atoms with E-state index in [0.717, 1.165) is 5.56 Å². The summed E-state index contributed by atoms with van der Waals surface area (Å²) < 4.78 is 0. The second-order valence-electron chi connectivity index (χ2n) is 4.37. The van der Waals surface area contributed by atoms with E-state index in [1.165, 1.54) is 18.2 Å². The number of carbonyl (C=O) groups excluding carboxylic acids is 1. The van der Waals surface area contributed by atoms with Crippen LogP contribution in [0.2, 0.25) is 0 Å². The first-order valence-corrected chi connectivity index (χ1v) is 5.92. The molecule has 0 aliphatic carbocycles. The molecule has 0 bridgehead atoms. The van der Waals surface area contributed by atoms with Crippen LogP contribution in [0.1, 0.15) is 21.5 Å². The number of carbonyl (C=O) groups is 1. The van der Waals surface area contributed by atoms with Gasteiger partial charge in [-0.2, -0.15) is 5.26 Å². The van der Waals surface area contributed by atoms with Crippen molar-refractivity contribution in [1.29, 1.82) is 5.26 Å². The van der Waals surface area contributed by atoms with Crippen LogP contribution in [0.3, 0.4) is 0 Å². The molecule has 0 heterocycles. The molecule has 4 N–H and O–H groups in total. The van der Waals surface area contributed by atoms with E-state index in [1.807, 2.05) is 13.0 Å². The zero-order chi connectivity index (χ0) is 14.7. The number of nitrogens with zero attached hydrogens (tertiary/aromatic N) is 1. The first-order chi connectivity index (χ1) is 9.51. The third-order valence-corrected chi connectivity index (χ3v) is 2.90. The first-order valence-electron chi connectivity index (χ1n) is 5.92. The van der Waals surface area contributed by atoms with Crippen LogP contribution in [0.25, 0.3) is 0 Å². The summed E-state index contributed by atoms with van der Waals surface area (Å²) in [5.74, 6) is -0.469. The van der Waals surface area contributed by atoms with E-state index >= 15 is 0 Å². The van der Waals surface area contributed by atoms with Gasteiger partial charge >= 0.3 is 0 Å². The van der Waals surface area contributed by atoms with Gasteiger partial charge in [-0.1, -0.05) is 6.07 Å². The van der Waals surface area contributed by atoms with Crippen molar-refractivity contribution in [2.75, 3.05) is 11.1 Å². The Balaban J connectivity index is 2.33. The lowest BCUT2D eigenvalue weighted by Gasteiger charge is -2.10. The number of hydrogen-bond acceptors (Lipinski definition) is 4. The summed E-state index contributed by atoms with van der Waals surface area (Å²) in [4.78, 5) is 12.2.